The number of hydrogen-bond acceptors (Lipinski definition) is 4. The SMILES string of the molecule is COc1cc2cc(/C=C/C(=O)c3ccc(C)cc3)c(Cl)nc2cc1OC. The monoisotopic (exact) mass is 367 g/mol. The molecule has 0 unspecified atom stereocenters. The number of ether oxygens (including phenoxy) is 2. The van der Waals surface area contributed by atoms with Crippen molar-refractivity contribution < 1.29 is 14.3 Å². The minimum atomic E-state index is -0.0894. The van der Waals surface area contributed by atoms with E-state index in [4.69, 9.17) is 21.1 Å². The number of fused-ring (bicyclic) bond motifs is 1. The number of rotatable bonds is 5. The fraction of sp³-hybridized carbons (Fsp3) is 0.143. The van der Waals surface area contributed by atoms with Crippen LogP contribution in [0.4, 0.5) is 0 Å². The molecule has 0 atom stereocenters. The number of halogens is 1. The maximum atomic E-state index is 12.3. The summed E-state index contributed by atoms with van der Waals surface area (Å²) in [5, 5.41) is 1.16. The van der Waals surface area contributed by atoms with Gasteiger partial charge in [0.15, 0.2) is 17.3 Å². The summed E-state index contributed by atoms with van der Waals surface area (Å²) in [5.41, 5.74) is 3.08. The molecule has 0 saturated carbocycles. The molecule has 0 spiro atoms. The normalized spacial score (nSPS) is 11.1. The van der Waals surface area contributed by atoms with Crippen molar-refractivity contribution in [3.63, 3.8) is 0 Å². The first-order chi connectivity index (χ1) is 12.5. The second-order valence-corrected chi connectivity index (χ2v) is 6.19. The zero-order chi connectivity index (χ0) is 18.7. The molecule has 3 aromatic rings. The predicted octanol–water partition coefficient (Wildman–Crippen LogP) is 5.11. The van der Waals surface area contributed by atoms with Crippen LogP contribution in [-0.2, 0) is 0 Å². The molecular weight excluding hydrogens is 350 g/mol. The number of pyridine rings is 1. The summed E-state index contributed by atoms with van der Waals surface area (Å²) < 4.78 is 10.6. The highest BCUT2D eigenvalue weighted by Gasteiger charge is 2.10. The molecule has 1 heterocycles. The van der Waals surface area contributed by atoms with Crippen LogP contribution in [0.1, 0.15) is 21.5 Å². The van der Waals surface area contributed by atoms with Crippen molar-refractivity contribution in [3.8, 4) is 11.5 Å². The largest absolute Gasteiger partial charge is 0.493 e. The van der Waals surface area contributed by atoms with Crippen molar-refractivity contribution in [3.05, 3.63) is 70.4 Å². The Morgan fingerprint density at radius 2 is 1.69 bits per heavy atom. The van der Waals surface area contributed by atoms with Crippen molar-refractivity contribution >= 4 is 34.4 Å². The van der Waals surface area contributed by atoms with E-state index < -0.39 is 0 Å². The molecule has 0 bridgehead atoms. The highest BCUT2D eigenvalue weighted by atomic mass is 35.5. The predicted molar refractivity (Wildman–Crippen MR) is 104 cm³/mol. The Bertz CT molecular complexity index is 994. The third-order valence-electron chi connectivity index (χ3n) is 4.05. The van der Waals surface area contributed by atoms with E-state index in [9.17, 15) is 4.79 Å². The van der Waals surface area contributed by atoms with Crippen LogP contribution in [0.2, 0.25) is 5.15 Å². The van der Waals surface area contributed by atoms with Crippen LogP contribution in [-0.4, -0.2) is 25.0 Å². The van der Waals surface area contributed by atoms with E-state index in [0.29, 0.717) is 33.3 Å². The lowest BCUT2D eigenvalue weighted by atomic mass is 10.1. The Hall–Kier alpha value is -2.85. The van der Waals surface area contributed by atoms with Gasteiger partial charge in [0, 0.05) is 22.6 Å². The molecule has 26 heavy (non-hydrogen) atoms. The number of ketones is 1. The lowest BCUT2D eigenvalue weighted by Crippen LogP contribution is -1.95. The van der Waals surface area contributed by atoms with Crippen molar-refractivity contribution in [2.24, 2.45) is 0 Å². The van der Waals surface area contributed by atoms with Crippen LogP contribution in [0.5, 0.6) is 11.5 Å². The van der Waals surface area contributed by atoms with Gasteiger partial charge in [0.25, 0.3) is 0 Å². The van der Waals surface area contributed by atoms with Gasteiger partial charge in [0.2, 0.25) is 0 Å². The fourth-order valence-electron chi connectivity index (χ4n) is 2.59. The van der Waals surface area contributed by atoms with Crippen LogP contribution >= 0.6 is 11.6 Å². The number of hydrogen-bond donors (Lipinski definition) is 0. The second-order valence-electron chi connectivity index (χ2n) is 5.83. The van der Waals surface area contributed by atoms with Gasteiger partial charge in [-0.25, -0.2) is 4.98 Å². The lowest BCUT2D eigenvalue weighted by molar-refractivity contribution is 0.104. The van der Waals surface area contributed by atoms with Crippen molar-refractivity contribution in [2.75, 3.05) is 14.2 Å². The standard InChI is InChI=1S/C21H18ClNO3/c1-13-4-6-14(7-5-13)18(24)9-8-15-10-16-11-19(25-2)20(26-3)12-17(16)23-21(15)22/h4-12H,1-3H3/b9-8+. The summed E-state index contributed by atoms with van der Waals surface area (Å²) >= 11 is 6.28. The van der Waals surface area contributed by atoms with E-state index in [2.05, 4.69) is 4.98 Å². The van der Waals surface area contributed by atoms with Gasteiger partial charge in [-0.3, -0.25) is 4.79 Å². The molecule has 0 aliphatic heterocycles. The number of aromatic nitrogens is 1. The van der Waals surface area contributed by atoms with Gasteiger partial charge in [-0.15, -0.1) is 0 Å². The Balaban J connectivity index is 1.95. The van der Waals surface area contributed by atoms with Crippen LogP contribution in [0, 0.1) is 6.92 Å². The van der Waals surface area contributed by atoms with E-state index in [-0.39, 0.29) is 5.78 Å². The molecule has 0 saturated heterocycles. The molecule has 3 rings (SSSR count). The third-order valence-corrected chi connectivity index (χ3v) is 4.35. The van der Waals surface area contributed by atoms with Gasteiger partial charge in [-0.2, -0.15) is 0 Å². The number of allylic oxidation sites excluding steroid dienone is 1. The Morgan fingerprint density at radius 1 is 1.04 bits per heavy atom. The Morgan fingerprint density at radius 3 is 2.35 bits per heavy atom. The zero-order valence-electron chi connectivity index (χ0n) is 14.7. The van der Waals surface area contributed by atoms with Crippen molar-refractivity contribution in [1.29, 1.82) is 0 Å². The molecule has 0 aliphatic carbocycles. The average Bonchev–Trinajstić information content (AvgIpc) is 2.65. The summed E-state index contributed by atoms with van der Waals surface area (Å²) in [5.74, 6) is 1.10. The van der Waals surface area contributed by atoms with E-state index in [1.807, 2.05) is 31.2 Å². The zero-order valence-corrected chi connectivity index (χ0v) is 15.5. The van der Waals surface area contributed by atoms with E-state index in [0.717, 1.165) is 10.9 Å². The molecule has 5 heteroatoms. The molecule has 1 aromatic heterocycles. The lowest BCUT2D eigenvalue weighted by Gasteiger charge is -2.09. The first-order valence-electron chi connectivity index (χ1n) is 8.03. The molecule has 4 nitrogen and oxygen atoms in total. The summed E-state index contributed by atoms with van der Waals surface area (Å²) in [6.45, 7) is 1.98. The smallest absolute Gasteiger partial charge is 0.185 e. The van der Waals surface area contributed by atoms with E-state index >= 15 is 0 Å². The van der Waals surface area contributed by atoms with Crippen LogP contribution in [0.25, 0.3) is 17.0 Å². The second kappa shape index (κ2) is 7.58. The molecular formula is C21H18ClNO3. The number of methoxy groups -OCH3 is 2. The maximum Gasteiger partial charge on any atom is 0.185 e. The van der Waals surface area contributed by atoms with Gasteiger partial charge in [-0.05, 0) is 31.2 Å². The average molecular weight is 368 g/mol. The van der Waals surface area contributed by atoms with Gasteiger partial charge < -0.3 is 9.47 Å². The number of nitrogens with zero attached hydrogens (tertiary/aromatic N) is 1. The minimum Gasteiger partial charge on any atom is -0.493 e. The highest BCUT2D eigenvalue weighted by Crippen LogP contribution is 2.33. The molecule has 0 radical (unpaired) electrons. The van der Waals surface area contributed by atoms with Gasteiger partial charge in [-0.1, -0.05) is 41.4 Å². The molecule has 0 amide bonds. The number of carbonyl (C=O) groups excluding carboxylic acids is 1. The number of carbonyl (C=O) groups is 1. The van der Waals surface area contributed by atoms with Crippen LogP contribution in [0.15, 0.2) is 48.5 Å². The minimum absolute atomic E-state index is 0.0894. The maximum absolute atomic E-state index is 12.3. The number of benzene rings is 2. The topological polar surface area (TPSA) is 48.4 Å². The molecule has 132 valence electrons. The molecule has 2 aromatic carbocycles. The highest BCUT2D eigenvalue weighted by molar-refractivity contribution is 6.31. The first-order valence-corrected chi connectivity index (χ1v) is 8.41. The van der Waals surface area contributed by atoms with Gasteiger partial charge >= 0.3 is 0 Å². The van der Waals surface area contributed by atoms with Crippen molar-refractivity contribution in [2.45, 2.75) is 6.92 Å². The summed E-state index contributed by atoms with van der Waals surface area (Å²) in [4.78, 5) is 16.7. The van der Waals surface area contributed by atoms with Gasteiger partial charge in [0.1, 0.15) is 5.15 Å². The van der Waals surface area contributed by atoms with E-state index in [1.54, 1.807) is 38.5 Å². The quantitative estimate of drug-likeness (QED) is 0.357. The van der Waals surface area contributed by atoms with Gasteiger partial charge in [0.05, 0.1) is 19.7 Å². The number of aryl methyl sites for hydroxylation is 1. The first kappa shape index (κ1) is 18.0. The Kier molecular flexibility index (Phi) is 5.24. The van der Waals surface area contributed by atoms with E-state index in [1.165, 1.54) is 6.08 Å². The third kappa shape index (κ3) is 3.70. The van der Waals surface area contributed by atoms with Crippen LogP contribution in [0.3, 0.4) is 0 Å². The molecule has 0 aliphatic rings. The summed E-state index contributed by atoms with van der Waals surface area (Å²) in [7, 11) is 3.15. The summed E-state index contributed by atoms with van der Waals surface area (Å²) in [6, 6.07) is 12.9. The Labute approximate surface area is 157 Å². The molecule has 0 N–H and O–H groups in total. The van der Waals surface area contributed by atoms with Crippen LogP contribution < -0.4 is 9.47 Å². The molecule has 0 fully saturated rings. The van der Waals surface area contributed by atoms with Crippen molar-refractivity contribution in [1.82, 2.24) is 4.98 Å². The fourth-order valence-corrected chi connectivity index (χ4v) is 2.80. The summed E-state index contributed by atoms with van der Waals surface area (Å²) in [6.07, 6.45) is 3.17.